The van der Waals surface area contributed by atoms with Gasteiger partial charge < -0.3 is 0 Å². The van der Waals surface area contributed by atoms with Gasteiger partial charge in [-0.15, -0.1) is 0 Å². The predicted octanol–water partition coefficient (Wildman–Crippen LogP) is 11.0. The Balaban J connectivity index is 2.33. The molecular weight excluding hydrogens is 698 g/mol. The first kappa shape index (κ1) is 35.9. The number of carbonyl (C=O) groups is 1. The van der Waals surface area contributed by atoms with E-state index in [2.05, 4.69) is 90.1 Å². The third-order valence-electron chi connectivity index (χ3n) is 9.57. The Morgan fingerprint density at radius 3 is 0.850 bits per heavy atom. The van der Waals surface area contributed by atoms with E-state index >= 15 is 0 Å². The summed E-state index contributed by atoms with van der Waals surface area (Å²) in [5.74, 6) is 0.200. The maximum absolute atomic E-state index is 13.6. The summed E-state index contributed by atoms with van der Waals surface area (Å²) in [5, 5.41) is 0. The van der Waals surface area contributed by atoms with Crippen LogP contribution in [0, 0.1) is 0 Å². The Kier molecular flexibility index (Phi) is 17.8. The van der Waals surface area contributed by atoms with Crippen molar-refractivity contribution in [3.63, 3.8) is 0 Å². The van der Waals surface area contributed by atoms with E-state index in [4.69, 9.17) is 0 Å². The molecule has 1 nitrogen and oxygen atoms in total. The van der Waals surface area contributed by atoms with E-state index in [-0.39, 0.29) is 5.78 Å². The molecule has 2 rings (SSSR count). The van der Waals surface area contributed by atoms with Gasteiger partial charge in [-0.3, -0.25) is 0 Å². The molecule has 2 aromatic carbocycles. The molecule has 0 aliphatic carbocycles. The number of hydrogen-bond donors (Lipinski definition) is 0. The summed E-state index contributed by atoms with van der Waals surface area (Å²) in [7, 11) is 0. The van der Waals surface area contributed by atoms with Crippen molar-refractivity contribution in [1.82, 2.24) is 0 Å². The number of carbonyl (C=O) groups excluding carboxylic acids is 1. The molecule has 0 N–H and O–H groups in total. The van der Waals surface area contributed by atoms with Crippen LogP contribution in [0.1, 0.15) is 135 Å². The molecule has 3 heteroatoms. The first-order valence-corrected chi connectivity index (χ1v) is 32.2. The van der Waals surface area contributed by atoms with Crippen LogP contribution in [0.25, 0.3) is 0 Å². The molecule has 0 aromatic heterocycles. The van der Waals surface area contributed by atoms with Crippen molar-refractivity contribution in [2.75, 3.05) is 0 Å². The molecule has 0 aliphatic rings. The van der Waals surface area contributed by atoms with Crippen molar-refractivity contribution in [3.8, 4) is 0 Å². The maximum atomic E-state index is 13.6. The molecule has 2 aromatic rings. The molecular formula is C37H62OSn2. The van der Waals surface area contributed by atoms with Gasteiger partial charge >= 0.3 is 259 Å². The van der Waals surface area contributed by atoms with Crippen molar-refractivity contribution < 1.29 is 4.79 Å². The van der Waals surface area contributed by atoms with Crippen LogP contribution < -0.4 is 7.16 Å². The van der Waals surface area contributed by atoms with Gasteiger partial charge in [-0.25, -0.2) is 0 Å². The minimum absolute atomic E-state index is 0.200. The van der Waals surface area contributed by atoms with Gasteiger partial charge in [-0.1, -0.05) is 0 Å². The summed E-state index contributed by atoms with van der Waals surface area (Å²) in [6.07, 6.45) is 16.0. The molecule has 0 aliphatic heterocycles. The molecule has 0 amide bonds. The molecule has 0 unspecified atom stereocenters. The molecule has 0 fully saturated rings. The summed E-state index contributed by atoms with van der Waals surface area (Å²) >= 11 is -4.92. The van der Waals surface area contributed by atoms with Gasteiger partial charge in [0, 0.05) is 0 Å². The van der Waals surface area contributed by atoms with Gasteiger partial charge in [0.2, 0.25) is 0 Å². The van der Waals surface area contributed by atoms with Crippen LogP contribution in [0.2, 0.25) is 26.6 Å². The van der Waals surface area contributed by atoms with Gasteiger partial charge in [-0.2, -0.15) is 0 Å². The van der Waals surface area contributed by atoms with Crippen molar-refractivity contribution in [2.45, 2.75) is 145 Å². The van der Waals surface area contributed by atoms with Crippen molar-refractivity contribution in [2.24, 2.45) is 0 Å². The van der Waals surface area contributed by atoms with Crippen LogP contribution in [0.15, 0.2) is 48.5 Å². The Labute approximate surface area is 257 Å². The Hall–Kier alpha value is -0.293. The zero-order valence-electron chi connectivity index (χ0n) is 27.3. The second-order valence-corrected chi connectivity index (χ2v) is 39.1. The molecule has 0 atom stereocenters. The second-order valence-electron chi connectivity index (χ2n) is 12.7. The summed E-state index contributed by atoms with van der Waals surface area (Å²) < 4.78 is 12.2. The van der Waals surface area contributed by atoms with Gasteiger partial charge in [0.15, 0.2) is 0 Å². The van der Waals surface area contributed by atoms with E-state index in [1.807, 2.05) is 0 Å². The summed E-state index contributed by atoms with van der Waals surface area (Å²) in [5.41, 5.74) is 1.74. The topological polar surface area (TPSA) is 17.1 Å². The van der Waals surface area contributed by atoms with Crippen LogP contribution >= 0.6 is 0 Å². The molecule has 0 spiro atoms. The average Bonchev–Trinajstić information content (AvgIpc) is 3.00. The first-order valence-electron chi connectivity index (χ1n) is 17.2. The molecule has 0 saturated heterocycles. The Morgan fingerprint density at radius 1 is 0.425 bits per heavy atom. The summed E-state index contributed by atoms with van der Waals surface area (Å²) in [6.45, 7) is 14.1. The zero-order chi connectivity index (χ0) is 29.3. The van der Waals surface area contributed by atoms with Gasteiger partial charge in [0.25, 0.3) is 0 Å². The predicted molar refractivity (Wildman–Crippen MR) is 185 cm³/mol. The molecule has 0 bridgehead atoms. The number of hydrogen-bond acceptors (Lipinski definition) is 1. The minimum atomic E-state index is -2.46. The fourth-order valence-electron chi connectivity index (χ4n) is 6.82. The molecule has 0 heterocycles. The SMILES string of the molecule is CCC[CH2][Sn]([CH2]CCC)([CH2]CCC)[c]1ccc(C(=O)c2cc[c]([Sn]([CH2]CCC)([CH2]CCC)[CH2]CCC)cc2)cc1. The number of ketones is 1. The second kappa shape index (κ2) is 19.8. The summed E-state index contributed by atoms with van der Waals surface area (Å²) in [4.78, 5) is 13.6. The first-order chi connectivity index (χ1) is 19.5. The number of unbranched alkanes of at least 4 members (excludes halogenated alkanes) is 6. The fraction of sp³-hybridized carbons (Fsp3) is 0.649. The van der Waals surface area contributed by atoms with Crippen LogP contribution in [-0.2, 0) is 0 Å². The third kappa shape index (κ3) is 10.5. The van der Waals surface area contributed by atoms with Gasteiger partial charge in [0.05, 0.1) is 0 Å². The molecule has 0 radical (unpaired) electrons. The zero-order valence-corrected chi connectivity index (χ0v) is 33.0. The van der Waals surface area contributed by atoms with E-state index in [1.165, 1.54) is 104 Å². The van der Waals surface area contributed by atoms with Gasteiger partial charge in [-0.05, 0) is 0 Å². The third-order valence-corrected chi connectivity index (χ3v) is 40.9. The average molecular weight is 760 g/mol. The van der Waals surface area contributed by atoms with E-state index in [1.54, 1.807) is 7.16 Å². The van der Waals surface area contributed by atoms with Crippen molar-refractivity contribution in [1.29, 1.82) is 0 Å². The van der Waals surface area contributed by atoms with Crippen molar-refractivity contribution in [3.05, 3.63) is 59.7 Å². The van der Waals surface area contributed by atoms with Crippen molar-refractivity contribution >= 4 is 49.7 Å². The quantitative estimate of drug-likeness (QED) is 0.0863. The molecule has 40 heavy (non-hydrogen) atoms. The Bertz CT molecular complexity index is 826. The van der Waals surface area contributed by atoms with E-state index < -0.39 is 36.8 Å². The standard InChI is InChI=1S/C13H8O.6C4H9.2Sn/c14-13(11-7-3-1-4-8-11)12-9-5-2-6-10-12;6*1-3-4-2;;/h3-10H;6*1,3-4H2,2H3;;. The van der Waals surface area contributed by atoms with Gasteiger partial charge in [0.1, 0.15) is 0 Å². The normalized spacial score (nSPS) is 12.2. The molecule has 0 saturated carbocycles. The van der Waals surface area contributed by atoms with Crippen LogP contribution in [0.4, 0.5) is 0 Å². The summed E-state index contributed by atoms with van der Waals surface area (Å²) in [6, 6.07) is 18.3. The van der Waals surface area contributed by atoms with E-state index in [9.17, 15) is 4.79 Å². The fourth-order valence-corrected chi connectivity index (χ4v) is 38.7. The number of rotatable bonds is 22. The molecule has 224 valence electrons. The Morgan fingerprint density at radius 2 is 0.650 bits per heavy atom. The van der Waals surface area contributed by atoms with E-state index in [0.717, 1.165) is 11.1 Å². The number of benzene rings is 2. The van der Waals surface area contributed by atoms with Crippen LogP contribution in [0.5, 0.6) is 0 Å². The van der Waals surface area contributed by atoms with Crippen LogP contribution in [0.3, 0.4) is 0 Å². The monoisotopic (exact) mass is 762 g/mol. The van der Waals surface area contributed by atoms with Crippen LogP contribution in [-0.4, -0.2) is 42.5 Å². The van der Waals surface area contributed by atoms with E-state index in [0.29, 0.717) is 0 Å².